The Balaban J connectivity index is 1.99. The predicted molar refractivity (Wildman–Crippen MR) is 73.9 cm³/mol. The van der Waals surface area contributed by atoms with Crippen LogP contribution in [0.2, 0.25) is 0 Å². The van der Waals surface area contributed by atoms with Gasteiger partial charge in [-0.2, -0.15) is 0 Å². The molecule has 2 N–H and O–H groups in total. The molecule has 96 valence electrons. The fourth-order valence-electron chi connectivity index (χ4n) is 2.48. The molecule has 0 bridgehead atoms. The lowest BCUT2D eigenvalue weighted by Crippen LogP contribution is -2.22. The van der Waals surface area contributed by atoms with Crippen LogP contribution in [-0.4, -0.2) is 29.5 Å². The first kappa shape index (κ1) is 11.5. The third kappa shape index (κ3) is 2.08. The fraction of sp³-hybridized carbons (Fsp3) is 0.500. The number of pyridine rings is 1. The minimum atomic E-state index is 0.660. The van der Waals surface area contributed by atoms with Crippen LogP contribution in [0.3, 0.4) is 0 Å². The Kier molecular flexibility index (Phi) is 2.96. The summed E-state index contributed by atoms with van der Waals surface area (Å²) in [6.07, 6.45) is 5.67. The summed E-state index contributed by atoms with van der Waals surface area (Å²) < 4.78 is 2.16. The summed E-state index contributed by atoms with van der Waals surface area (Å²) >= 11 is 0. The van der Waals surface area contributed by atoms with Crippen LogP contribution in [-0.2, 0) is 6.42 Å². The Morgan fingerprint density at radius 2 is 2.28 bits per heavy atom. The van der Waals surface area contributed by atoms with E-state index < -0.39 is 0 Å². The van der Waals surface area contributed by atoms with Crippen molar-refractivity contribution in [3.05, 3.63) is 30.1 Å². The van der Waals surface area contributed by atoms with Crippen molar-refractivity contribution in [1.82, 2.24) is 9.38 Å². The van der Waals surface area contributed by atoms with Crippen LogP contribution in [0.1, 0.15) is 18.5 Å². The van der Waals surface area contributed by atoms with E-state index in [0.717, 1.165) is 30.3 Å². The van der Waals surface area contributed by atoms with Crippen molar-refractivity contribution in [1.29, 1.82) is 0 Å². The van der Waals surface area contributed by atoms with Crippen LogP contribution >= 0.6 is 0 Å². The molecule has 3 rings (SSSR count). The Morgan fingerprint density at radius 3 is 3.00 bits per heavy atom. The average Bonchev–Trinajstić information content (AvgIpc) is 3.11. The number of fused-ring (bicyclic) bond motifs is 1. The lowest BCUT2D eigenvalue weighted by molar-refractivity contribution is 0.770. The summed E-state index contributed by atoms with van der Waals surface area (Å²) in [7, 11) is 2.14. The van der Waals surface area contributed by atoms with Gasteiger partial charge in [0.2, 0.25) is 0 Å². The monoisotopic (exact) mass is 244 g/mol. The van der Waals surface area contributed by atoms with Gasteiger partial charge in [-0.1, -0.05) is 6.07 Å². The zero-order valence-corrected chi connectivity index (χ0v) is 10.8. The zero-order chi connectivity index (χ0) is 12.5. The SMILES string of the molecule is CN(CC1CC1)c1nc2ccccn2c1CCN. The summed E-state index contributed by atoms with van der Waals surface area (Å²) in [5.74, 6) is 1.96. The number of hydrogen-bond acceptors (Lipinski definition) is 3. The normalized spacial score (nSPS) is 15.2. The lowest BCUT2D eigenvalue weighted by atomic mass is 10.3. The molecule has 1 saturated carbocycles. The van der Waals surface area contributed by atoms with Gasteiger partial charge in [-0.15, -0.1) is 0 Å². The van der Waals surface area contributed by atoms with Gasteiger partial charge in [-0.25, -0.2) is 4.98 Å². The molecule has 2 aromatic rings. The van der Waals surface area contributed by atoms with E-state index in [1.54, 1.807) is 0 Å². The quantitative estimate of drug-likeness (QED) is 0.870. The minimum absolute atomic E-state index is 0.660. The maximum Gasteiger partial charge on any atom is 0.150 e. The van der Waals surface area contributed by atoms with E-state index in [2.05, 4.69) is 28.6 Å². The number of anilines is 1. The summed E-state index contributed by atoms with van der Waals surface area (Å²) in [4.78, 5) is 7.03. The molecular formula is C14H20N4. The van der Waals surface area contributed by atoms with Gasteiger partial charge >= 0.3 is 0 Å². The van der Waals surface area contributed by atoms with E-state index in [0.29, 0.717) is 6.54 Å². The molecule has 2 heterocycles. The second-order valence-corrected chi connectivity index (χ2v) is 5.17. The van der Waals surface area contributed by atoms with Gasteiger partial charge in [0.1, 0.15) is 5.65 Å². The maximum absolute atomic E-state index is 5.73. The number of aromatic nitrogens is 2. The van der Waals surface area contributed by atoms with Gasteiger partial charge in [0, 0.05) is 26.2 Å². The van der Waals surface area contributed by atoms with Crippen LogP contribution in [0.25, 0.3) is 5.65 Å². The molecular weight excluding hydrogens is 224 g/mol. The average molecular weight is 244 g/mol. The van der Waals surface area contributed by atoms with Crippen LogP contribution < -0.4 is 10.6 Å². The van der Waals surface area contributed by atoms with Crippen molar-refractivity contribution in [2.45, 2.75) is 19.3 Å². The maximum atomic E-state index is 5.73. The Bertz CT molecular complexity index is 542. The van der Waals surface area contributed by atoms with Crippen LogP contribution in [0.5, 0.6) is 0 Å². The molecule has 1 aliphatic rings. The number of rotatable bonds is 5. The standard InChI is InChI=1S/C14H20N4/c1-17(10-11-5-6-11)14-12(7-8-15)18-9-3-2-4-13(18)16-14/h2-4,9,11H,5-8,10,15H2,1H3. The Morgan fingerprint density at radius 1 is 1.44 bits per heavy atom. The smallest absolute Gasteiger partial charge is 0.150 e. The van der Waals surface area contributed by atoms with E-state index in [-0.39, 0.29) is 0 Å². The van der Waals surface area contributed by atoms with Crippen molar-refractivity contribution < 1.29 is 0 Å². The second kappa shape index (κ2) is 4.61. The van der Waals surface area contributed by atoms with Gasteiger partial charge in [-0.05, 0) is 37.4 Å². The molecule has 2 aromatic heterocycles. The second-order valence-electron chi connectivity index (χ2n) is 5.17. The van der Waals surface area contributed by atoms with Crippen LogP contribution in [0.15, 0.2) is 24.4 Å². The summed E-state index contributed by atoms with van der Waals surface area (Å²) in [5, 5.41) is 0. The first-order chi connectivity index (χ1) is 8.79. The summed E-state index contributed by atoms with van der Waals surface area (Å²) in [6, 6.07) is 6.12. The zero-order valence-electron chi connectivity index (χ0n) is 10.8. The molecule has 0 aliphatic heterocycles. The fourth-order valence-corrected chi connectivity index (χ4v) is 2.48. The van der Waals surface area contributed by atoms with E-state index in [1.165, 1.54) is 18.5 Å². The Hall–Kier alpha value is -1.55. The highest BCUT2D eigenvalue weighted by Gasteiger charge is 2.25. The molecule has 0 saturated heterocycles. The molecule has 0 aromatic carbocycles. The third-order valence-corrected chi connectivity index (χ3v) is 3.58. The van der Waals surface area contributed by atoms with Crippen molar-refractivity contribution in [3.8, 4) is 0 Å². The summed E-state index contributed by atoms with van der Waals surface area (Å²) in [6.45, 7) is 1.77. The first-order valence-corrected chi connectivity index (χ1v) is 6.66. The molecule has 18 heavy (non-hydrogen) atoms. The van der Waals surface area contributed by atoms with Crippen molar-refractivity contribution in [2.75, 3.05) is 25.0 Å². The molecule has 1 aliphatic carbocycles. The molecule has 4 heteroatoms. The first-order valence-electron chi connectivity index (χ1n) is 6.66. The molecule has 0 spiro atoms. The Labute approximate surface area is 107 Å². The highest BCUT2D eigenvalue weighted by atomic mass is 15.2. The van der Waals surface area contributed by atoms with Gasteiger partial charge < -0.3 is 15.0 Å². The van der Waals surface area contributed by atoms with Crippen LogP contribution in [0, 0.1) is 5.92 Å². The topological polar surface area (TPSA) is 46.6 Å². The minimum Gasteiger partial charge on any atom is -0.358 e. The predicted octanol–water partition coefficient (Wildman–Crippen LogP) is 1.68. The van der Waals surface area contributed by atoms with E-state index in [4.69, 9.17) is 10.7 Å². The third-order valence-electron chi connectivity index (χ3n) is 3.58. The number of hydrogen-bond donors (Lipinski definition) is 1. The summed E-state index contributed by atoms with van der Waals surface area (Å²) in [5.41, 5.74) is 7.98. The van der Waals surface area contributed by atoms with E-state index in [1.807, 2.05) is 12.1 Å². The molecule has 0 atom stereocenters. The van der Waals surface area contributed by atoms with Crippen molar-refractivity contribution >= 4 is 11.5 Å². The molecule has 0 radical (unpaired) electrons. The van der Waals surface area contributed by atoms with Gasteiger partial charge in [0.05, 0.1) is 5.69 Å². The van der Waals surface area contributed by atoms with E-state index in [9.17, 15) is 0 Å². The largest absolute Gasteiger partial charge is 0.358 e. The molecule has 4 nitrogen and oxygen atoms in total. The highest BCUT2D eigenvalue weighted by molar-refractivity contribution is 5.55. The lowest BCUT2D eigenvalue weighted by Gasteiger charge is -2.17. The molecule has 0 amide bonds. The van der Waals surface area contributed by atoms with Gasteiger partial charge in [0.25, 0.3) is 0 Å². The number of imidazole rings is 1. The number of nitrogens with zero attached hydrogens (tertiary/aromatic N) is 3. The van der Waals surface area contributed by atoms with Gasteiger partial charge in [-0.3, -0.25) is 0 Å². The highest BCUT2D eigenvalue weighted by Crippen LogP contribution is 2.31. The van der Waals surface area contributed by atoms with E-state index >= 15 is 0 Å². The molecule has 0 unspecified atom stereocenters. The van der Waals surface area contributed by atoms with Crippen molar-refractivity contribution in [3.63, 3.8) is 0 Å². The van der Waals surface area contributed by atoms with Crippen molar-refractivity contribution in [2.24, 2.45) is 11.7 Å². The van der Waals surface area contributed by atoms with Gasteiger partial charge in [0.15, 0.2) is 5.82 Å². The van der Waals surface area contributed by atoms with Crippen LogP contribution in [0.4, 0.5) is 5.82 Å². The molecule has 1 fully saturated rings. The number of nitrogens with two attached hydrogens (primary N) is 1.